The number of hydrogen-bond acceptors (Lipinski definition) is 3. The van der Waals surface area contributed by atoms with Gasteiger partial charge in [0, 0.05) is 17.3 Å². The summed E-state index contributed by atoms with van der Waals surface area (Å²) in [5, 5.41) is 0.280. The van der Waals surface area contributed by atoms with Crippen LogP contribution in [0.3, 0.4) is 0 Å². The summed E-state index contributed by atoms with van der Waals surface area (Å²) in [6.45, 7) is 8.93. The Labute approximate surface area is 166 Å². The van der Waals surface area contributed by atoms with Crippen LogP contribution in [0, 0.1) is 17.8 Å². The van der Waals surface area contributed by atoms with Crippen molar-refractivity contribution in [3.8, 4) is 0 Å². The highest BCUT2D eigenvalue weighted by Crippen LogP contribution is 2.39. The maximum absolute atomic E-state index is 12.4. The summed E-state index contributed by atoms with van der Waals surface area (Å²) in [6, 6.07) is 7.38. The molecule has 142 valence electrons. The third kappa shape index (κ3) is 4.97. The van der Waals surface area contributed by atoms with Crippen LogP contribution in [-0.4, -0.2) is 23.5 Å². The van der Waals surface area contributed by atoms with Gasteiger partial charge in [-0.2, -0.15) is 0 Å². The second kappa shape index (κ2) is 9.16. The van der Waals surface area contributed by atoms with Gasteiger partial charge < -0.3 is 5.73 Å². The maximum atomic E-state index is 12.4. The molecule has 0 aromatic heterocycles. The molecule has 0 saturated heterocycles. The maximum Gasteiger partial charge on any atom is 0.231 e. The van der Waals surface area contributed by atoms with Crippen molar-refractivity contribution in [1.29, 1.82) is 0 Å². The fourth-order valence-electron chi connectivity index (χ4n) is 3.60. The molecule has 3 nitrogen and oxygen atoms in total. The van der Waals surface area contributed by atoms with Crippen LogP contribution in [0.1, 0.15) is 46.1 Å². The summed E-state index contributed by atoms with van der Waals surface area (Å²) >= 11 is 12.1. The summed E-state index contributed by atoms with van der Waals surface area (Å²) in [6.07, 6.45) is 1.64. The number of nitrogens with two attached hydrogens (primary N) is 1. The number of nitrogens with zero attached hydrogens (tertiary/aromatic N) is 1. The third-order valence-electron chi connectivity index (χ3n) is 4.61. The molecule has 2 unspecified atom stereocenters. The highest BCUT2D eigenvalue weighted by Gasteiger charge is 2.37. The number of aliphatic imine (C=N–C) groups is 1. The molecule has 1 aliphatic heterocycles. The van der Waals surface area contributed by atoms with Gasteiger partial charge in [-0.3, -0.25) is 9.79 Å². The minimum absolute atomic E-state index is 0.158. The van der Waals surface area contributed by atoms with E-state index in [2.05, 4.69) is 27.7 Å². The molecule has 1 aromatic rings. The highest BCUT2D eigenvalue weighted by molar-refractivity contribution is 6.65. The largest absolute Gasteiger partial charge is 0.326 e. The van der Waals surface area contributed by atoms with Gasteiger partial charge in [-0.15, -0.1) is 0 Å². The monoisotopic (exact) mass is 394 g/mol. The lowest BCUT2D eigenvalue weighted by molar-refractivity contribution is -0.114. The molecule has 0 bridgehead atoms. The van der Waals surface area contributed by atoms with E-state index >= 15 is 0 Å². The van der Waals surface area contributed by atoms with Gasteiger partial charge in [0.1, 0.15) is 0 Å². The number of carbonyl (C=O) groups is 1. The van der Waals surface area contributed by atoms with Gasteiger partial charge in [-0.25, -0.2) is 0 Å². The molecule has 0 amide bonds. The first-order chi connectivity index (χ1) is 12.2. The Balaban J connectivity index is 2.66. The molecule has 2 N–H and O–H groups in total. The predicted molar refractivity (Wildman–Crippen MR) is 112 cm³/mol. The van der Waals surface area contributed by atoms with E-state index in [0.717, 1.165) is 35.3 Å². The lowest BCUT2D eigenvalue weighted by atomic mass is 9.77. The third-order valence-corrected chi connectivity index (χ3v) is 5.10. The number of dihydropyridines is 1. The van der Waals surface area contributed by atoms with E-state index in [9.17, 15) is 4.79 Å². The summed E-state index contributed by atoms with van der Waals surface area (Å²) in [5.41, 5.74) is 9.93. The van der Waals surface area contributed by atoms with Gasteiger partial charge in [0.2, 0.25) is 5.24 Å². The second-order valence-corrected chi connectivity index (χ2v) is 8.56. The van der Waals surface area contributed by atoms with Gasteiger partial charge in [-0.1, -0.05) is 51.4 Å². The first kappa shape index (κ1) is 21.1. The molecule has 0 spiro atoms. The Morgan fingerprint density at radius 1 is 1.15 bits per heavy atom. The quantitative estimate of drug-likeness (QED) is 0.633. The van der Waals surface area contributed by atoms with Crippen LogP contribution < -0.4 is 5.73 Å². The topological polar surface area (TPSA) is 55.5 Å². The number of hydrogen-bond donors (Lipinski definition) is 1. The van der Waals surface area contributed by atoms with Crippen molar-refractivity contribution in [2.75, 3.05) is 6.54 Å². The van der Waals surface area contributed by atoms with Crippen molar-refractivity contribution in [2.45, 2.75) is 46.6 Å². The second-order valence-electron chi connectivity index (χ2n) is 7.76. The van der Waals surface area contributed by atoms with Crippen LogP contribution in [0.5, 0.6) is 0 Å². The van der Waals surface area contributed by atoms with Crippen molar-refractivity contribution in [3.63, 3.8) is 0 Å². The number of rotatable bonds is 7. The molecule has 1 heterocycles. The molecule has 5 heteroatoms. The van der Waals surface area contributed by atoms with Crippen LogP contribution in [-0.2, 0) is 4.79 Å². The van der Waals surface area contributed by atoms with Gasteiger partial charge in [0.15, 0.2) is 0 Å². The van der Waals surface area contributed by atoms with Crippen molar-refractivity contribution in [2.24, 2.45) is 28.5 Å². The normalized spacial score (nSPS) is 20.7. The zero-order valence-corrected chi connectivity index (χ0v) is 17.4. The molecule has 0 fully saturated rings. The van der Waals surface area contributed by atoms with Crippen molar-refractivity contribution < 1.29 is 4.79 Å². The summed E-state index contributed by atoms with van der Waals surface area (Å²) in [5.74, 6) is 0.382. The van der Waals surface area contributed by atoms with E-state index in [1.54, 1.807) is 0 Å². The molecule has 1 aromatic carbocycles. The molecular weight excluding hydrogens is 367 g/mol. The lowest BCUT2D eigenvalue weighted by Gasteiger charge is -2.33. The van der Waals surface area contributed by atoms with Crippen molar-refractivity contribution >= 4 is 39.7 Å². The Morgan fingerprint density at radius 3 is 2.23 bits per heavy atom. The first-order valence-corrected chi connectivity index (χ1v) is 9.95. The van der Waals surface area contributed by atoms with E-state index in [-0.39, 0.29) is 11.3 Å². The molecule has 0 saturated carbocycles. The first-order valence-electron chi connectivity index (χ1n) is 9.20. The molecular formula is C21H28Cl2N2O. The summed E-state index contributed by atoms with van der Waals surface area (Å²) in [7, 11) is 0. The van der Waals surface area contributed by atoms with Crippen molar-refractivity contribution in [1.82, 2.24) is 0 Å². The fraction of sp³-hybridized carbons (Fsp3) is 0.524. The van der Waals surface area contributed by atoms with Gasteiger partial charge in [0.05, 0.1) is 12.0 Å². The Morgan fingerprint density at radius 2 is 1.77 bits per heavy atom. The van der Waals surface area contributed by atoms with Crippen LogP contribution in [0.15, 0.2) is 34.8 Å². The number of benzene rings is 1. The van der Waals surface area contributed by atoms with E-state index in [0.29, 0.717) is 23.4 Å². The summed E-state index contributed by atoms with van der Waals surface area (Å²) in [4.78, 5) is 17.4. The zero-order valence-electron chi connectivity index (χ0n) is 15.9. The standard InChI is InChI=1S/C21H28Cl2N2O/c1-12(2)9-17-16(11-24)19(14-5-7-15(22)8-6-14)20(21(23)26)18(25-17)10-13(3)4/h5-8,12-13,18,20H,9-11,24H2,1-4H3. The van der Waals surface area contributed by atoms with Crippen LogP contribution in [0.2, 0.25) is 5.02 Å². The van der Waals surface area contributed by atoms with Crippen LogP contribution in [0.25, 0.3) is 5.57 Å². The molecule has 2 rings (SSSR count). The van der Waals surface area contributed by atoms with Gasteiger partial charge in [0.25, 0.3) is 0 Å². The van der Waals surface area contributed by atoms with E-state index in [1.165, 1.54) is 0 Å². The molecule has 1 aliphatic rings. The average Bonchev–Trinajstić information content (AvgIpc) is 2.53. The van der Waals surface area contributed by atoms with Crippen LogP contribution >= 0.6 is 23.2 Å². The summed E-state index contributed by atoms with van der Waals surface area (Å²) < 4.78 is 0. The van der Waals surface area contributed by atoms with E-state index < -0.39 is 5.92 Å². The Kier molecular flexibility index (Phi) is 7.45. The van der Waals surface area contributed by atoms with Crippen LogP contribution in [0.4, 0.5) is 0 Å². The number of halogens is 2. The Bertz CT molecular complexity index is 705. The van der Waals surface area contributed by atoms with Crippen molar-refractivity contribution in [3.05, 3.63) is 40.4 Å². The fourth-order valence-corrected chi connectivity index (χ4v) is 3.98. The van der Waals surface area contributed by atoms with E-state index in [4.69, 9.17) is 33.9 Å². The Hall–Kier alpha value is -1.16. The predicted octanol–water partition coefficient (Wildman–Crippen LogP) is 5.35. The van der Waals surface area contributed by atoms with E-state index in [1.807, 2.05) is 24.3 Å². The molecule has 26 heavy (non-hydrogen) atoms. The number of carbonyl (C=O) groups excluding carboxylic acids is 1. The minimum Gasteiger partial charge on any atom is -0.326 e. The minimum atomic E-state index is -0.477. The molecule has 0 aliphatic carbocycles. The van der Waals surface area contributed by atoms with Gasteiger partial charge >= 0.3 is 0 Å². The highest BCUT2D eigenvalue weighted by atomic mass is 35.5. The average molecular weight is 395 g/mol. The zero-order chi connectivity index (χ0) is 19.4. The van der Waals surface area contributed by atoms with Gasteiger partial charge in [-0.05, 0) is 65.1 Å². The molecule has 0 radical (unpaired) electrons. The smallest absolute Gasteiger partial charge is 0.231 e. The SMILES string of the molecule is CC(C)CC1=NC(CC(C)C)C(C(=O)Cl)C(c2ccc(Cl)cc2)=C1CN. The molecule has 2 atom stereocenters. The lowest BCUT2D eigenvalue weighted by Crippen LogP contribution is -2.35.